The highest BCUT2D eigenvalue weighted by Crippen LogP contribution is 2.26. The quantitative estimate of drug-likeness (QED) is 0.846. The van der Waals surface area contributed by atoms with E-state index >= 15 is 0 Å². The van der Waals surface area contributed by atoms with Gasteiger partial charge >= 0.3 is 0 Å². The van der Waals surface area contributed by atoms with Gasteiger partial charge in [-0.3, -0.25) is 4.98 Å². The Morgan fingerprint density at radius 1 is 1.00 bits per heavy atom. The third kappa shape index (κ3) is 2.47. The van der Waals surface area contributed by atoms with Gasteiger partial charge in [-0.05, 0) is 30.2 Å². The zero-order chi connectivity index (χ0) is 11.2. The van der Waals surface area contributed by atoms with E-state index in [1.807, 2.05) is 18.3 Å². The maximum Gasteiger partial charge on any atom is 0.0306 e. The van der Waals surface area contributed by atoms with E-state index in [9.17, 15) is 0 Å². The van der Waals surface area contributed by atoms with Crippen molar-refractivity contribution in [1.82, 2.24) is 4.98 Å². The van der Waals surface area contributed by atoms with Gasteiger partial charge in [-0.2, -0.15) is 0 Å². The zero-order valence-corrected chi connectivity index (χ0v) is 9.21. The smallest absolute Gasteiger partial charge is 0.0306 e. The van der Waals surface area contributed by atoms with Crippen LogP contribution in [-0.4, -0.2) is 11.5 Å². The number of pyridine rings is 1. The minimum Gasteiger partial charge on any atom is -0.330 e. The summed E-state index contributed by atoms with van der Waals surface area (Å²) in [6.45, 7) is 0.689. The molecule has 2 nitrogen and oxygen atoms in total. The third-order valence-electron chi connectivity index (χ3n) is 2.74. The van der Waals surface area contributed by atoms with Crippen molar-refractivity contribution in [3.05, 3.63) is 66.0 Å². The van der Waals surface area contributed by atoms with Crippen molar-refractivity contribution in [3.63, 3.8) is 0 Å². The highest BCUT2D eigenvalue weighted by molar-refractivity contribution is 5.30. The summed E-state index contributed by atoms with van der Waals surface area (Å²) in [5.41, 5.74) is 8.23. The van der Waals surface area contributed by atoms with Gasteiger partial charge < -0.3 is 5.73 Å². The highest BCUT2D eigenvalue weighted by Gasteiger charge is 2.12. The zero-order valence-electron chi connectivity index (χ0n) is 9.21. The summed E-state index contributed by atoms with van der Waals surface area (Å²) in [7, 11) is 0. The lowest BCUT2D eigenvalue weighted by atomic mass is 9.90. The van der Waals surface area contributed by atoms with Crippen LogP contribution in [0.1, 0.15) is 23.5 Å². The van der Waals surface area contributed by atoms with Gasteiger partial charge in [0.2, 0.25) is 0 Å². The van der Waals surface area contributed by atoms with Gasteiger partial charge in [0, 0.05) is 18.3 Å². The normalized spacial score (nSPS) is 12.3. The lowest BCUT2D eigenvalue weighted by Crippen LogP contribution is -2.08. The van der Waals surface area contributed by atoms with Crippen LogP contribution in [0.5, 0.6) is 0 Å². The Morgan fingerprint density at radius 3 is 2.38 bits per heavy atom. The predicted molar refractivity (Wildman–Crippen MR) is 66.2 cm³/mol. The fourth-order valence-corrected chi connectivity index (χ4v) is 1.96. The first-order chi connectivity index (χ1) is 7.92. The van der Waals surface area contributed by atoms with E-state index in [1.54, 1.807) is 6.20 Å². The first-order valence-corrected chi connectivity index (χ1v) is 5.56. The molecule has 2 rings (SSSR count). The molecule has 1 aromatic carbocycles. The molecule has 0 saturated carbocycles. The maximum absolute atomic E-state index is 5.68. The van der Waals surface area contributed by atoms with Crippen molar-refractivity contribution in [3.8, 4) is 0 Å². The number of nitrogens with two attached hydrogens (primary N) is 1. The predicted octanol–water partition coefficient (Wildman–Crippen LogP) is 2.56. The average molecular weight is 212 g/mol. The molecule has 0 aliphatic carbocycles. The lowest BCUT2D eigenvalue weighted by Gasteiger charge is -2.16. The molecule has 0 spiro atoms. The van der Waals surface area contributed by atoms with Crippen LogP contribution in [0.3, 0.4) is 0 Å². The molecule has 2 aromatic rings. The van der Waals surface area contributed by atoms with Crippen LogP contribution in [-0.2, 0) is 0 Å². The molecule has 1 aromatic heterocycles. The van der Waals surface area contributed by atoms with Crippen LogP contribution in [0.4, 0.5) is 0 Å². The molecule has 0 fully saturated rings. The Morgan fingerprint density at radius 2 is 1.75 bits per heavy atom. The van der Waals surface area contributed by atoms with Gasteiger partial charge in [0.25, 0.3) is 0 Å². The van der Waals surface area contributed by atoms with Crippen LogP contribution in [0.25, 0.3) is 0 Å². The van der Waals surface area contributed by atoms with Crippen LogP contribution in [0.15, 0.2) is 54.9 Å². The first kappa shape index (κ1) is 10.8. The summed E-state index contributed by atoms with van der Waals surface area (Å²) in [4.78, 5) is 4.17. The van der Waals surface area contributed by atoms with Crippen molar-refractivity contribution in [2.24, 2.45) is 5.73 Å². The molecule has 1 atom stereocenters. The van der Waals surface area contributed by atoms with E-state index in [0.717, 1.165) is 6.42 Å². The number of hydrogen-bond acceptors (Lipinski definition) is 2. The first-order valence-electron chi connectivity index (χ1n) is 5.56. The van der Waals surface area contributed by atoms with Gasteiger partial charge in [0.05, 0.1) is 0 Å². The summed E-state index contributed by atoms with van der Waals surface area (Å²) >= 11 is 0. The molecular weight excluding hydrogens is 196 g/mol. The fourth-order valence-electron chi connectivity index (χ4n) is 1.96. The van der Waals surface area contributed by atoms with Crippen molar-refractivity contribution in [2.75, 3.05) is 6.54 Å². The number of aromatic nitrogens is 1. The van der Waals surface area contributed by atoms with Crippen molar-refractivity contribution < 1.29 is 0 Å². The van der Waals surface area contributed by atoms with Crippen molar-refractivity contribution in [2.45, 2.75) is 12.3 Å². The molecule has 2 heteroatoms. The second-order valence-corrected chi connectivity index (χ2v) is 3.83. The molecule has 0 aliphatic rings. The van der Waals surface area contributed by atoms with E-state index in [4.69, 9.17) is 5.73 Å². The average Bonchev–Trinajstić information content (AvgIpc) is 2.38. The summed E-state index contributed by atoms with van der Waals surface area (Å²) in [5, 5.41) is 0. The minimum atomic E-state index is 0.361. The Bertz CT molecular complexity index is 372. The Labute approximate surface area is 96.1 Å². The molecule has 0 saturated heterocycles. The van der Waals surface area contributed by atoms with E-state index in [0.29, 0.717) is 12.5 Å². The lowest BCUT2D eigenvalue weighted by molar-refractivity contribution is 0.723. The Balaban J connectivity index is 2.31. The van der Waals surface area contributed by atoms with Gasteiger partial charge in [0.15, 0.2) is 0 Å². The molecule has 2 N–H and O–H groups in total. The highest BCUT2D eigenvalue weighted by atomic mass is 14.6. The summed E-state index contributed by atoms with van der Waals surface area (Å²) < 4.78 is 0. The Kier molecular flexibility index (Phi) is 3.67. The molecule has 82 valence electrons. The van der Waals surface area contributed by atoms with Crippen LogP contribution < -0.4 is 5.73 Å². The minimum absolute atomic E-state index is 0.361. The standard InChI is InChI=1S/C14H16N2/c15-9-8-14(12-5-2-1-3-6-12)13-7-4-10-16-11-13/h1-7,10-11,14H,8-9,15H2. The van der Waals surface area contributed by atoms with E-state index in [1.165, 1.54) is 11.1 Å². The van der Waals surface area contributed by atoms with E-state index in [2.05, 4.69) is 35.3 Å². The molecule has 0 aliphatic heterocycles. The third-order valence-corrected chi connectivity index (χ3v) is 2.74. The van der Waals surface area contributed by atoms with E-state index in [-0.39, 0.29) is 0 Å². The molecule has 1 unspecified atom stereocenters. The van der Waals surface area contributed by atoms with Gasteiger partial charge in [-0.1, -0.05) is 36.4 Å². The van der Waals surface area contributed by atoms with Gasteiger partial charge in [-0.15, -0.1) is 0 Å². The van der Waals surface area contributed by atoms with Gasteiger partial charge in [0.1, 0.15) is 0 Å². The van der Waals surface area contributed by atoms with Crippen LogP contribution in [0.2, 0.25) is 0 Å². The second-order valence-electron chi connectivity index (χ2n) is 3.83. The van der Waals surface area contributed by atoms with Crippen molar-refractivity contribution in [1.29, 1.82) is 0 Å². The van der Waals surface area contributed by atoms with Crippen molar-refractivity contribution >= 4 is 0 Å². The largest absolute Gasteiger partial charge is 0.330 e. The fraction of sp³-hybridized carbons (Fsp3) is 0.214. The Hall–Kier alpha value is -1.67. The number of rotatable bonds is 4. The summed E-state index contributed by atoms with van der Waals surface area (Å²) in [6, 6.07) is 14.5. The molecular formula is C14H16N2. The number of nitrogens with zero attached hydrogens (tertiary/aromatic N) is 1. The second kappa shape index (κ2) is 5.42. The van der Waals surface area contributed by atoms with Crippen LogP contribution in [0, 0.1) is 0 Å². The molecule has 1 heterocycles. The summed E-state index contributed by atoms with van der Waals surface area (Å²) in [5.74, 6) is 0.361. The van der Waals surface area contributed by atoms with Crippen LogP contribution >= 0.6 is 0 Å². The summed E-state index contributed by atoms with van der Waals surface area (Å²) in [6.07, 6.45) is 4.68. The SMILES string of the molecule is NCCC(c1ccccc1)c1cccnc1. The van der Waals surface area contributed by atoms with E-state index < -0.39 is 0 Å². The molecule has 0 amide bonds. The number of benzene rings is 1. The molecule has 0 bridgehead atoms. The monoisotopic (exact) mass is 212 g/mol. The van der Waals surface area contributed by atoms with Gasteiger partial charge in [-0.25, -0.2) is 0 Å². The topological polar surface area (TPSA) is 38.9 Å². The molecule has 16 heavy (non-hydrogen) atoms. The maximum atomic E-state index is 5.68. The molecule has 0 radical (unpaired) electrons. The number of hydrogen-bond donors (Lipinski definition) is 1.